The Kier molecular flexibility index (Phi) is 4.21. The molecule has 2 aromatic heterocycles. The zero-order valence-electron chi connectivity index (χ0n) is 12.6. The van der Waals surface area contributed by atoms with Gasteiger partial charge in [-0.1, -0.05) is 19.9 Å². The highest BCUT2D eigenvalue weighted by Gasteiger charge is 2.11. The highest BCUT2D eigenvalue weighted by Crippen LogP contribution is 2.26. The number of aromatic nitrogens is 3. The smallest absolute Gasteiger partial charge is 0.272 e. The van der Waals surface area contributed by atoms with E-state index in [9.17, 15) is 13.6 Å². The summed E-state index contributed by atoms with van der Waals surface area (Å²) < 4.78 is 28.2. The van der Waals surface area contributed by atoms with Crippen LogP contribution in [0.25, 0.3) is 5.65 Å². The Morgan fingerprint density at radius 3 is 2.83 bits per heavy atom. The summed E-state index contributed by atoms with van der Waals surface area (Å²) in [6.45, 7) is 4.03. The zero-order valence-corrected chi connectivity index (χ0v) is 13.5. The largest absolute Gasteiger partial charge is 0.293 e. The standard InChI is InChI=1S/C16H15F2N3OS/c1-9(2)12-7-14-19-10(6-15(22)21(14)20-12)8-23-13-5-3-4-11(17)16(13)18/h3-7,9,20H,8H2,1-2H3. The molecule has 23 heavy (non-hydrogen) atoms. The molecule has 0 aliphatic carbocycles. The molecular weight excluding hydrogens is 320 g/mol. The van der Waals surface area contributed by atoms with Crippen molar-refractivity contribution < 1.29 is 8.78 Å². The van der Waals surface area contributed by atoms with Gasteiger partial charge >= 0.3 is 0 Å². The Hall–Kier alpha value is -2.15. The predicted octanol–water partition coefficient (Wildman–Crippen LogP) is 3.72. The third-order valence-electron chi connectivity index (χ3n) is 3.44. The van der Waals surface area contributed by atoms with Gasteiger partial charge in [0.1, 0.15) is 0 Å². The molecule has 3 aromatic rings. The number of fused-ring (bicyclic) bond motifs is 1. The molecule has 7 heteroatoms. The number of halogens is 2. The molecule has 0 saturated carbocycles. The first-order chi connectivity index (χ1) is 11.0. The maximum absolute atomic E-state index is 13.6. The van der Waals surface area contributed by atoms with Gasteiger partial charge in [0.2, 0.25) is 0 Å². The summed E-state index contributed by atoms with van der Waals surface area (Å²) in [5.74, 6) is -1.23. The minimum Gasteiger partial charge on any atom is -0.293 e. The van der Waals surface area contributed by atoms with E-state index in [-0.39, 0.29) is 22.1 Å². The summed E-state index contributed by atoms with van der Waals surface area (Å²) in [4.78, 5) is 16.7. The second-order valence-electron chi connectivity index (χ2n) is 5.49. The molecule has 0 unspecified atom stereocenters. The molecule has 0 amide bonds. The van der Waals surface area contributed by atoms with Gasteiger partial charge in [-0.25, -0.2) is 18.3 Å². The predicted molar refractivity (Wildman–Crippen MR) is 85.8 cm³/mol. The maximum Gasteiger partial charge on any atom is 0.272 e. The molecule has 0 radical (unpaired) electrons. The van der Waals surface area contributed by atoms with Crippen LogP contribution < -0.4 is 5.56 Å². The van der Waals surface area contributed by atoms with Crippen molar-refractivity contribution in [1.29, 1.82) is 0 Å². The van der Waals surface area contributed by atoms with E-state index in [4.69, 9.17) is 0 Å². The van der Waals surface area contributed by atoms with E-state index >= 15 is 0 Å². The van der Waals surface area contributed by atoms with Crippen LogP contribution in [0.4, 0.5) is 8.78 Å². The third-order valence-corrected chi connectivity index (χ3v) is 4.50. The van der Waals surface area contributed by atoms with E-state index < -0.39 is 11.6 Å². The van der Waals surface area contributed by atoms with Crippen LogP contribution in [0.1, 0.15) is 31.2 Å². The van der Waals surface area contributed by atoms with E-state index in [1.165, 1.54) is 22.7 Å². The number of benzene rings is 1. The average molecular weight is 335 g/mol. The van der Waals surface area contributed by atoms with E-state index in [0.29, 0.717) is 11.3 Å². The minimum atomic E-state index is -0.884. The van der Waals surface area contributed by atoms with Crippen LogP contribution >= 0.6 is 11.8 Å². The first-order valence-electron chi connectivity index (χ1n) is 7.14. The van der Waals surface area contributed by atoms with Crippen molar-refractivity contribution in [3.05, 3.63) is 63.7 Å². The van der Waals surface area contributed by atoms with E-state index in [1.54, 1.807) is 0 Å². The molecule has 0 aliphatic heterocycles. The molecular formula is C16H15F2N3OS. The Labute approximate surface area is 135 Å². The van der Waals surface area contributed by atoms with Crippen LogP contribution in [-0.4, -0.2) is 14.6 Å². The maximum atomic E-state index is 13.6. The van der Waals surface area contributed by atoms with Gasteiger partial charge in [-0.2, -0.15) is 0 Å². The number of hydrogen-bond acceptors (Lipinski definition) is 3. The first kappa shape index (κ1) is 15.7. The third kappa shape index (κ3) is 3.14. The molecule has 4 nitrogen and oxygen atoms in total. The van der Waals surface area contributed by atoms with Crippen molar-refractivity contribution in [2.24, 2.45) is 0 Å². The summed E-state index contributed by atoms with van der Waals surface area (Å²) in [6, 6.07) is 7.25. The molecule has 1 N–H and O–H groups in total. The molecule has 0 fully saturated rings. The topological polar surface area (TPSA) is 50.2 Å². The summed E-state index contributed by atoms with van der Waals surface area (Å²) >= 11 is 1.11. The van der Waals surface area contributed by atoms with E-state index in [0.717, 1.165) is 23.5 Å². The summed E-state index contributed by atoms with van der Waals surface area (Å²) in [5.41, 5.74) is 1.74. The van der Waals surface area contributed by atoms with Crippen molar-refractivity contribution in [1.82, 2.24) is 14.6 Å². The molecule has 3 rings (SSSR count). The number of hydrogen-bond donors (Lipinski definition) is 1. The van der Waals surface area contributed by atoms with Crippen molar-refractivity contribution >= 4 is 17.4 Å². The number of nitrogens with zero attached hydrogens (tertiary/aromatic N) is 2. The Bertz CT molecular complexity index is 917. The normalized spacial score (nSPS) is 11.5. The first-order valence-corrected chi connectivity index (χ1v) is 8.12. The second-order valence-corrected chi connectivity index (χ2v) is 6.50. The Morgan fingerprint density at radius 2 is 2.09 bits per heavy atom. The van der Waals surface area contributed by atoms with E-state index in [1.807, 2.05) is 19.9 Å². The lowest BCUT2D eigenvalue weighted by atomic mass is 10.1. The fraction of sp³-hybridized carbons (Fsp3) is 0.250. The lowest BCUT2D eigenvalue weighted by Crippen LogP contribution is -2.15. The fourth-order valence-electron chi connectivity index (χ4n) is 2.18. The summed E-state index contributed by atoms with van der Waals surface area (Å²) in [6.07, 6.45) is 0. The Balaban J connectivity index is 1.88. The van der Waals surface area contributed by atoms with Gasteiger partial charge in [0.25, 0.3) is 5.56 Å². The van der Waals surface area contributed by atoms with Crippen LogP contribution in [-0.2, 0) is 5.75 Å². The van der Waals surface area contributed by atoms with Gasteiger partial charge in [0, 0.05) is 28.5 Å². The fourth-order valence-corrected chi connectivity index (χ4v) is 3.03. The number of aromatic amines is 1. The molecule has 0 spiro atoms. The molecule has 0 saturated heterocycles. The molecule has 1 aromatic carbocycles. The van der Waals surface area contributed by atoms with Crippen LogP contribution in [0.15, 0.2) is 40.0 Å². The number of H-pyrrole nitrogens is 1. The Morgan fingerprint density at radius 1 is 1.30 bits per heavy atom. The minimum absolute atomic E-state index is 0.198. The van der Waals surface area contributed by atoms with E-state index in [2.05, 4.69) is 10.1 Å². The lowest BCUT2D eigenvalue weighted by molar-refractivity contribution is 0.491. The van der Waals surface area contributed by atoms with Crippen molar-refractivity contribution in [3.8, 4) is 0 Å². The average Bonchev–Trinajstić information content (AvgIpc) is 2.94. The van der Waals surface area contributed by atoms with Crippen LogP contribution in [0.2, 0.25) is 0 Å². The van der Waals surface area contributed by atoms with Crippen molar-refractivity contribution in [2.75, 3.05) is 0 Å². The van der Waals surface area contributed by atoms with Crippen LogP contribution in [0.5, 0.6) is 0 Å². The van der Waals surface area contributed by atoms with Gasteiger partial charge in [0.15, 0.2) is 17.3 Å². The number of rotatable bonds is 4. The molecule has 120 valence electrons. The van der Waals surface area contributed by atoms with Crippen LogP contribution in [0, 0.1) is 11.6 Å². The summed E-state index contributed by atoms with van der Waals surface area (Å²) in [5, 5.41) is 3.01. The zero-order chi connectivity index (χ0) is 16.6. The molecule has 0 atom stereocenters. The molecule has 0 bridgehead atoms. The van der Waals surface area contributed by atoms with Gasteiger partial charge in [-0.15, -0.1) is 11.8 Å². The van der Waals surface area contributed by atoms with Gasteiger partial charge in [-0.05, 0) is 18.1 Å². The highest BCUT2D eigenvalue weighted by molar-refractivity contribution is 7.98. The van der Waals surface area contributed by atoms with Crippen molar-refractivity contribution in [3.63, 3.8) is 0 Å². The SMILES string of the molecule is CC(C)c1cc2nc(CSc3cccc(F)c3F)cc(=O)n2[nH]1. The summed E-state index contributed by atoms with van der Waals surface area (Å²) in [7, 11) is 0. The molecule has 0 aliphatic rings. The number of nitrogens with one attached hydrogen (secondary N) is 1. The monoisotopic (exact) mass is 335 g/mol. The van der Waals surface area contributed by atoms with Gasteiger partial charge < -0.3 is 0 Å². The van der Waals surface area contributed by atoms with Crippen molar-refractivity contribution in [2.45, 2.75) is 30.4 Å². The van der Waals surface area contributed by atoms with Crippen LogP contribution in [0.3, 0.4) is 0 Å². The lowest BCUT2D eigenvalue weighted by Gasteiger charge is -2.03. The quantitative estimate of drug-likeness (QED) is 0.739. The molecule has 2 heterocycles. The highest BCUT2D eigenvalue weighted by atomic mass is 32.2. The second kappa shape index (κ2) is 6.16. The number of thioether (sulfide) groups is 1. The van der Waals surface area contributed by atoms with Gasteiger partial charge in [0.05, 0.1) is 5.69 Å². The van der Waals surface area contributed by atoms with Gasteiger partial charge in [-0.3, -0.25) is 9.89 Å².